The zero-order chi connectivity index (χ0) is 15.4. The summed E-state index contributed by atoms with van der Waals surface area (Å²) in [4.78, 5) is 14.6. The Bertz CT molecular complexity index is 566. The Labute approximate surface area is 125 Å². The second-order valence-corrected chi connectivity index (χ2v) is 6.95. The molecule has 0 spiro atoms. The van der Waals surface area contributed by atoms with Crippen molar-refractivity contribution >= 4 is 5.91 Å². The van der Waals surface area contributed by atoms with Gasteiger partial charge in [-0.15, -0.1) is 0 Å². The van der Waals surface area contributed by atoms with Crippen LogP contribution in [0.3, 0.4) is 0 Å². The highest BCUT2D eigenvalue weighted by Crippen LogP contribution is 2.58. The average Bonchev–Trinajstić information content (AvgIpc) is 3.05. The van der Waals surface area contributed by atoms with Crippen molar-refractivity contribution in [3.63, 3.8) is 0 Å². The lowest BCUT2D eigenvalue weighted by atomic mass is 9.47. The molecule has 5 heteroatoms. The summed E-state index contributed by atoms with van der Waals surface area (Å²) in [6.45, 7) is 7.10. The van der Waals surface area contributed by atoms with Gasteiger partial charge in [-0.25, -0.2) is 0 Å². The fourth-order valence-corrected chi connectivity index (χ4v) is 4.01. The summed E-state index contributed by atoms with van der Waals surface area (Å²) in [5, 5.41) is 0. The summed E-state index contributed by atoms with van der Waals surface area (Å²) in [7, 11) is 1.79. The first-order valence-corrected chi connectivity index (χ1v) is 7.50. The molecule has 3 atom stereocenters. The van der Waals surface area contributed by atoms with E-state index in [2.05, 4.69) is 0 Å². The van der Waals surface area contributed by atoms with E-state index in [0.29, 0.717) is 13.2 Å². The summed E-state index contributed by atoms with van der Waals surface area (Å²) in [5.41, 5.74) is 5.39. The van der Waals surface area contributed by atoms with Crippen molar-refractivity contribution in [1.82, 2.24) is 4.90 Å². The number of nitrogens with zero attached hydrogens (tertiary/aromatic N) is 1. The van der Waals surface area contributed by atoms with Gasteiger partial charge in [0.25, 0.3) is 0 Å². The highest BCUT2D eigenvalue weighted by molar-refractivity contribution is 5.89. The SMILES string of the molecule is Cc1ccc(CN(C)C(=O)C2(N)C3CCOC3C2(C)C)o1. The van der Waals surface area contributed by atoms with Gasteiger partial charge in [-0.3, -0.25) is 4.79 Å². The number of carbonyl (C=O) groups is 1. The van der Waals surface area contributed by atoms with Crippen LogP contribution in [0.15, 0.2) is 16.5 Å². The molecule has 2 fully saturated rings. The summed E-state index contributed by atoms with van der Waals surface area (Å²) >= 11 is 0. The summed E-state index contributed by atoms with van der Waals surface area (Å²) in [6.07, 6.45) is 0.968. The molecular formula is C16H24N2O3. The number of likely N-dealkylation sites (N-methyl/N-ethyl adjacent to an activating group) is 1. The third-order valence-electron chi connectivity index (χ3n) is 5.34. The van der Waals surface area contributed by atoms with Gasteiger partial charge in [0.2, 0.25) is 5.91 Å². The number of aryl methyl sites for hydroxylation is 1. The van der Waals surface area contributed by atoms with Crippen molar-refractivity contribution < 1.29 is 13.9 Å². The van der Waals surface area contributed by atoms with Crippen LogP contribution in [0.25, 0.3) is 0 Å². The molecule has 3 unspecified atom stereocenters. The molecule has 2 N–H and O–H groups in total. The van der Waals surface area contributed by atoms with E-state index in [4.69, 9.17) is 14.9 Å². The van der Waals surface area contributed by atoms with E-state index in [1.165, 1.54) is 0 Å². The summed E-state index contributed by atoms with van der Waals surface area (Å²) in [5.74, 6) is 1.74. The first-order valence-electron chi connectivity index (χ1n) is 7.50. The van der Waals surface area contributed by atoms with Crippen molar-refractivity contribution in [3.8, 4) is 0 Å². The molecule has 1 saturated carbocycles. The Morgan fingerprint density at radius 1 is 1.48 bits per heavy atom. The van der Waals surface area contributed by atoms with Gasteiger partial charge in [0.1, 0.15) is 17.1 Å². The van der Waals surface area contributed by atoms with Crippen LogP contribution in [0.4, 0.5) is 0 Å². The van der Waals surface area contributed by atoms with Gasteiger partial charge in [-0.1, -0.05) is 13.8 Å². The minimum Gasteiger partial charge on any atom is -0.464 e. The van der Waals surface area contributed by atoms with Gasteiger partial charge in [-0.2, -0.15) is 0 Å². The Kier molecular flexibility index (Phi) is 3.19. The van der Waals surface area contributed by atoms with Gasteiger partial charge >= 0.3 is 0 Å². The number of ether oxygens (including phenoxy) is 1. The molecule has 0 aromatic carbocycles. The van der Waals surface area contributed by atoms with Crippen molar-refractivity contribution in [3.05, 3.63) is 23.7 Å². The van der Waals surface area contributed by atoms with E-state index in [9.17, 15) is 4.79 Å². The van der Waals surface area contributed by atoms with Crippen molar-refractivity contribution in [2.45, 2.75) is 45.4 Å². The highest BCUT2D eigenvalue weighted by atomic mass is 16.5. The third-order valence-corrected chi connectivity index (χ3v) is 5.34. The Morgan fingerprint density at radius 2 is 2.19 bits per heavy atom. The van der Waals surface area contributed by atoms with Gasteiger partial charge in [0.15, 0.2) is 0 Å². The molecule has 1 aliphatic heterocycles. The predicted octanol–water partition coefficient (Wildman–Crippen LogP) is 1.69. The molecule has 21 heavy (non-hydrogen) atoms. The van der Waals surface area contributed by atoms with E-state index in [-0.39, 0.29) is 23.3 Å². The molecule has 2 heterocycles. The van der Waals surface area contributed by atoms with Gasteiger partial charge in [0.05, 0.1) is 12.6 Å². The molecule has 1 amide bonds. The van der Waals surface area contributed by atoms with Crippen LogP contribution in [-0.4, -0.2) is 36.1 Å². The summed E-state index contributed by atoms with van der Waals surface area (Å²) in [6, 6.07) is 3.80. The molecule has 1 saturated heterocycles. The van der Waals surface area contributed by atoms with Crippen LogP contribution in [0.2, 0.25) is 0 Å². The number of amides is 1. The normalized spacial score (nSPS) is 33.4. The molecule has 3 rings (SSSR count). The number of hydrogen-bond donors (Lipinski definition) is 1. The van der Waals surface area contributed by atoms with Crippen LogP contribution in [0, 0.1) is 18.3 Å². The number of fused-ring (bicyclic) bond motifs is 1. The number of hydrogen-bond acceptors (Lipinski definition) is 4. The molecule has 2 aliphatic rings. The second kappa shape index (κ2) is 4.58. The van der Waals surface area contributed by atoms with Crippen LogP contribution in [-0.2, 0) is 16.1 Å². The van der Waals surface area contributed by atoms with Crippen molar-refractivity contribution in [1.29, 1.82) is 0 Å². The number of rotatable bonds is 3. The lowest BCUT2D eigenvalue weighted by Gasteiger charge is -2.61. The molecule has 1 aromatic rings. The maximum Gasteiger partial charge on any atom is 0.243 e. The molecule has 1 aromatic heterocycles. The van der Waals surface area contributed by atoms with Crippen LogP contribution in [0.5, 0.6) is 0 Å². The monoisotopic (exact) mass is 292 g/mol. The molecule has 1 aliphatic carbocycles. The quantitative estimate of drug-likeness (QED) is 0.920. The van der Waals surface area contributed by atoms with Gasteiger partial charge in [0, 0.05) is 25.0 Å². The fourth-order valence-electron chi connectivity index (χ4n) is 4.01. The van der Waals surface area contributed by atoms with Gasteiger partial charge in [-0.05, 0) is 25.5 Å². The Hall–Kier alpha value is -1.33. The maximum absolute atomic E-state index is 12.9. The van der Waals surface area contributed by atoms with E-state index in [1.54, 1.807) is 11.9 Å². The molecular weight excluding hydrogens is 268 g/mol. The smallest absolute Gasteiger partial charge is 0.243 e. The van der Waals surface area contributed by atoms with Crippen LogP contribution < -0.4 is 5.73 Å². The zero-order valence-corrected chi connectivity index (χ0v) is 13.2. The standard InChI is InChI=1S/C16H24N2O3/c1-10-5-6-11(21-10)9-18(4)14(19)16(17)12-7-8-20-13(12)15(16,2)3/h5-6,12-13H,7-9,17H2,1-4H3. The van der Waals surface area contributed by atoms with E-state index >= 15 is 0 Å². The van der Waals surface area contributed by atoms with E-state index < -0.39 is 5.54 Å². The molecule has 0 bridgehead atoms. The number of furan rings is 1. The lowest BCUT2D eigenvalue weighted by molar-refractivity contribution is -0.183. The minimum atomic E-state index is -0.843. The van der Waals surface area contributed by atoms with E-state index in [0.717, 1.165) is 17.9 Å². The fraction of sp³-hybridized carbons (Fsp3) is 0.688. The largest absolute Gasteiger partial charge is 0.464 e. The van der Waals surface area contributed by atoms with Crippen molar-refractivity contribution in [2.75, 3.05) is 13.7 Å². The number of carbonyl (C=O) groups excluding carboxylic acids is 1. The van der Waals surface area contributed by atoms with Crippen LogP contribution >= 0.6 is 0 Å². The highest BCUT2D eigenvalue weighted by Gasteiger charge is 2.71. The Morgan fingerprint density at radius 3 is 2.81 bits per heavy atom. The topological polar surface area (TPSA) is 68.7 Å². The molecule has 5 nitrogen and oxygen atoms in total. The Balaban J connectivity index is 1.77. The molecule has 0 radical (unpaired) electrons. The number of nitrogens with two attached hydrogens (primary N) is 1. The minimum absolute atomic E-state index is 0.0201. The predicted molar refractivity (Wildman–Crippen MR) is 78.5 cm³/mol. The van der Waals surface area contributed by atoms with Crippen LogP contribution in [0.1, 0.15) is 31.8 Å². The average molecular weight is 292 g/mol. The first kappa shape index (κ1) is 14.6. The maximum atomic E-state index is 12.9. The zero-order valence-electron chi connectivity index (χ0n) is 13.2. The lowest BCUT2D eigenvalue weighted by Crippen LogP contribution is -2.80. The summed E-state index contributed by atoms with van der Waals surface area (Å²) < 4.78 is 11.3. The van der Waals surface area contributed by atoms with Crippen molar-refractivity contribution in [2.24, 2.45) is 17.1 Å². The third kappa shape index (κ3) is 1.87. The van der Waals surface area contributed by atoms with Gasteiger partial charge < -0.3 is 19.8 Å². The van der Waals surface area contributed by atoms with E-state index in [1.807, 2.05) is 32.9 Å². The first-order chi connectivity index (χ1) is 9.78. The molecule has 116 valence electrons. The second-order valence-electron chi connectivity index (χ2n) is 6.95.